The highest BCUT2D eigenvalue weighted by Crippen LogP contribution is 2.69. The van der Waals surface area contributed by atoms with Crippen molar-refractivity contribution in [3.63, 3.8) is 0 Å². The highest BCUT2D eigenvalue weighted by molar-refractivity contribution is 5.93. The number of fused-ring (bicyclic) bond motifs is 2. The number of ketones is 2. The summed E-state index contributed by atoms with van der Waals surface area (Å²) in [5.74, 6) is 0.762. The summed E-state index contributed by atoms with van der Waals surface area (Å²) in [6.45, 7) is 5.67. The van der Waals surface area contributed by atoms with E-state index in [0.717, 1.165) is 25.0 Å². The van der Waals surface area contributed by atoms with Gasteiger partial charge in [-0.25, -0.2) is 0 Å². The van der Waals surface area contributed by atoms with Gasteiger partial charge in [0.1, 0.15) is 5.60 Å². The molecule has 0 amide bonds. The van der Waals surface area contributed by atoms with Crippen LogP contribution in [0.15, 0.2) is 23.0 Å². The summed E-state index contributed by atoms with van der Waals surface area (Å²) in [5, 5.41) is 11.6. The van der Waals surface area contributed by atoms with Gasteiger partial charge in [0, 0.05) is 36.5 Å². The minimum absolute atomic E-state index is 0.145. The Hall–Kier alpha value is -1.95. The van der Waals surface area contributed by atoms with E-state index in [1.165, 1.54) is 18.1 Å². The molecule has 1 N–H and O–H groups in total. The van der Waals surface area contributed by atoms with Crippen molar-refractivity contribution in [2.24, 2.45) is 28.6 Å². The molecule has 1 aliphatic heterocycles. The molecule has 6 nitrogen and oxygen atoms in total. The zero-order valence-electron chi connectivity index (χ0n) is 18.0. The van der Waals surface area contributed by atoms with Crippen molar-refractivity contribution in [1.82, 2.24) is 0 Å². The summed E-state index contributed by atoms with van der Waals surface area (Å²) in [4.78, 5) is 36.4. The molecule has 0 aromatic heterocycles. The van der Waals surface area contributed by atoms with Gasteiger partial charge < -0.3 is 14.6 Å². The van der Waals surface area contributed by atoms with Crippen LogP contribution in [0, 0.1) is 28.6 Å². The minimum atomic E-state index is -1.52. The molecule has 30 heavy (non-hydrogen) atoms. The number of hydrogen-bond donors (Lipinski definition) is 1. The molecule has 5 aliphatic rings. The third kappa shape index (κ3) is 2.37. The van der Waals surface area contributed by atoms with Crippen molar-refractivity contribution in [2.75, 3.05) is 13.2 Å². The lowest BCUT2D eigenvalue weighted by atomic mass is 9.47. The molecule has 6 atom stereocenters. The fourth-order valence-corrected chi connectivity index (χ4v) is 7.50. The highest BCUT2D eigenvalue weighted by Gasteiger charge is 2.67. The Labute approximate surface area is 176 Å². The molecule has 0 aromatic rings. The summed E-state index contributed by atoms with van der Waals surface area (Å²) in [7, 11) is 0. The summed E-state index contributed by atoms with van der Waals surface area (Å²) in [6.07, 6.45) is 5.84. The van der Waals surface area contributed by atoms with Gasteiger partial charge in [0.05, 0.1) is 12.4 Å². The van der Waals surface area contributed by atoms with Gasteiger partial charge in [-0.1, -0.05) is 19.4 Å². The molecule has 1 heterocycles. The van der Waals surface area contributed by atoms with Gasteiger partial charge in [0.2, 0.25) is 5.78 Å². The number of carbonyl (C=O) groups is 3. The molecular weight excluding hydrogens is 384 g/mol. The number of allylic oxidation sites excluding steroid dienone is 4. The fourth-order valence-electron chi connectivity index (χ4n) is 7.50. The standard InChI is InChI=1S/C24H30O6/c1-13(25)29-12-20(27)24(28)7-6-18-17-5-4-14-8-16(26)9-15-11-30-19(10-22(18,24)2)21(17)23(14,15)3/h8,15,17-18,28H,4-7,9-12H2,1-3H3/t15?,17-,18-,22-,23+,24-/m0/s1. The third-order valence-electron chi connectivity index (χ3n) is 9.14. The maximum atomic E-state index is 13.0. The van der Waals surface area contributed by atoms with E-state index in [9.17, 15) is 19.5 Å². The first-order valence-corrected chi connectivity index (χ1v) is 11.1. The summed E-state index contributed by atoms with van der Waals surface area (Å²) in [6, 6.07) is 0. The molecule has 1 unspecified atom stereocenters. The molecule has 0 bridgehead atoms. The first kappa shape index (κ1) is 20.0. The van der Waals surface area contributed by atoms with Crippen LogP contribution >= 0.6 is 0 Å². The van der Waals surface area contributed by atoms with E-state index in [2.05, 4.69) is 6.92 Å². The molecule has 2 saturated carbocycles. The summed E-state index contributed by atoms with van der Waals surface area (Å²) >= 11 is 0. The lowest BCUT2D eigenvalue weighted by Gasteiger charge is -2.59. The average Bonchev–Trinajstić information content (AvgIpc) is 2.95. The Morgan fingerprint density at radius 3 is 2.80 bits per heavy atom. The van der Waals surface area contributed by atoms with E-state index < -0.39 is 22.8 Å². The van der Waals surface area contributed by atoms with E-state index >= 15 is 0 Å². The lowest BCUT2D eigenvalue weighted by Crippen LogP contribution is -2.58. The number of aliphatic hydroxyl groups is 1. The maximum absolute atomic E-state index is 13.0. The van der Waals surface area contributed by atoms with Gasteiger partial charge >= 0.3 is 5.97 Å². The van der Waals surface area contributed by atoms with Crippen LogP contribution in [0.2, 0.25) is 0 Å². The third-order valence-corrected chi connectivity index (χ3v) is 9.14. The molecule has 2 fully saturated rings. The van der Waals surface area contributed by atoms with E-state index in [1.807, 2.05) is 13.0 Å². The van der Waals surface area contributed by atoms with Crippen LogP contribution in [0.5, 0.6) is 0 Å². The molecule has 5 rings (SSSR count). The molecule has 4 aliphatic carbocycles. The highest BCUT2D eigenvalue weighted by atomic mass is 16.5. The number of ether oxygens (including phenoxy) is 2. The van der Waals surface area contributed by atoms with Gasteiger partial charge in [-0.05, 0) is 49.2 Å². The van der Waals surface area contributed by atoms with Crippen LogP contribution in [-0.4, -0.2) is 41.5 Å². The number of hydrogen-bond acceptors (Lipinski definition) is 6. The number of rotatable bonds is 3. The Morgan fingerprint density at radius 1 is 1.30 bits per heavy atom. The largest absolute Gasteiger partial charge is 0.498 e. The van der Waals surface area contributed by atoms with Crippen LogP contribution in [0.3, 0.4) is 0 Å². The Morgan fingerprint density at radius 2 is 2.07 bits per heavy atom. The van der Waals surface area contributed by atoms with Gasteiger partial charge in [-0.2, -0.15) is 0 Å². The Kier molecular flexibility index (Phi) is 4.18. The molecule has 0 spiro atoms. The van der Waals surface area contributed by atoms with Crippen molar-refractivity contribution < 1.29 is 29.0 Å². The smallest absolute Gasteiger partial charge is 0.303 e. The Balaban J connectivity index is 1.56. The van der Waals surface area contributed by atoms with Crippen LogP contribution in [0.4, 0.5) is 0 Å². The van der Waals surface area contributed by atoms with E-state index in [4.69, 9.17) is 9.47 Å². The Bertz CT molecular complexity index is 915. The molecule has 0 aromatic carbocycles. The van der Waals surface area contributed by atoms with Gasteiger partial charge in [0.25, 0.3) is 0 Å². The SMILES string of the molecule is CC(=O)OCC(=O)[C@@]1(O)CC[C@H]2[C@@H]3CCC4=CC(=O)CC5COC(=C3[C@]45C)C[C@@]21C. The summed E-state index contributed by atoms with van der Waals surface area (Å²) < 4.78 is 11.2. The number of esters is 1. The van der Waals surface area contributed by atoms with Crippen LogP contribution in [-0.2, 0) is 23.9 Å². The summed E-state index contributed by atoms with van der Waals surface area (Å²) in [5.41, 5.74) is 0.240. The fraction of sp³-hybridized carbons (Fsp3) is 0.708. The topological polar surface area (TPSA) is 89.9 Å². The maximum Gasteiger partial charge on any atom is 0.303 e. The van der Waals surface area contributed by atoms with Crippen molar-refractivity contribution in [1.29, 1.82) is 0 Å². The second-order valence-corrected chi connectivity index (χ2v) is 10.3. The van der Waals surface area contributed by atoms with Gasteiger partial charge in [-0.3, -0.25) is 14.4 Å². The second kappa shape index (κ2) is 6.28. The average molecular weight is 414 g/mol. The lowest BCUT2D eigenvalue weighted by molar-refractivity contribution is -0.165. The van der Waals surface area contributed by atoms with Crippen molar-refractivity contribution >= 4 is 17.5 Å². The molecular formula is C24H30O6. The monoisotopic (exact) mass is 414 g/mol. The molecule has 0 saturated heterocycles. The van der Waals surface area contributed by atoms with E-state index in [0.29, 0.717) is 25.9 Å². The van der Waals surface area contributed by atoms with Crippen molar-refractivity contribution in [3.8, 4) is 0 Å². The van der Waals surface area contributed by atoms with Gasteiger partial charge in [0.15, 0.2) is 12.4 Å². The second-order valence-electron chi connectivity index (χ2n) is 10.3. The van der Waals surface area contributed by atoms with Gasteiger partial charge in [-0.15, -0.1) is 0 Å². The predicted octanol–water partition coefficient (Wildman–Crippen LogP) is 2.89. The number of carbonyl (C=O) groups excluding carboxylic acids is 3. The number of Topliss-reactive ketones (excluding diaryl/α,β-unsaturated/α-hetero) is 1. The predicted molar refractivity (Wildman–Crippen MR) is 107 cm³/mol. The zero-order chi connectivity index (χ0) is 21.5. The first-order chi connectivity index (χ1) is 14.1. The van der Waals surface area contributed by atoms with Crippen LogP contribution < -0.4 is 0 Å². The molecule has 6 heteroatoms. The van der Waals surface area contributed by atoms with Crippen LogP contribution in [0.25, 0.3) is 0 Å². The van der Waals surface area contributed by atoms with E-state index in [-0.39, 0.29) is 35.6 Å². The van der Waals surface area contributed by atoms with Crippen molar-refractivity contribution in [2.45, 2.75) is 64.9 Å². The van der Waals surface area contributed by atoms with E-state index in [1.54, 1.807) is 0 Å². The quantitative estimate of drug-likeness (QED) is 0.715. The van der Waals surface area contributed by atoms with Crippen LogP contribution in [0.1, 0.15) is 59.3 Å². The first-order valence-electron chi connectivity index (χ1n) is 11.1. The minimum Gasteiger partial charge on any atom is -0.498 e. The zero-order valence-corrected chi connectivity index (χ0v) is 18.0. The normalized spacial score (nSPS) is 43.9. The van der Waals surface area contributed by atoms with Crippen molar-refractivity contribution in [3.05, 3.63) is 23.0 Å². The molecule has 0 radical (unpaired) electrons. The molecule has 162 valence electrons.